The van der Waals surface area contributed by atoms with Gasteiger partial charge in [0.15, 0.2) is 17.3 Å². The summed E-state index contributed by atoms with van der Waals surface area (Å²) in [4.78, 5) is 24.9. The van der Waals surface area contributed by atoms with Crippen molar-refractivity contribution >= 4 is 11.7 Å². The molecule has 2 aromatic heterocycles. The number of nitrogen functional groups attached to an aromatic ring is 1. The van der Waals surface area contributed by atoms with Gasteiger partial charge in [-0.15, -0.1) is 10.2 Å². The summed E-state index contributed by atoms with van der Waals surface area (Å²) in [7, 11) is 0. The highest BCUT2D eigenvalue weighted by atomic mass is 19.1. The first-order chi connectivity index (χ1) is 17.1. The second-order valence-corrected chi connectivity index (χ2v) is 8.48. The number of nitrogens with zero attached hydrogens (tertiary/aromatic N) is 4. The lowest BCUT2D eigenvalue weighted by Gasteiger charge is -2.20. The molecule has 0 radical (unpaired) electrons. The van der Waals surface area contributed by atoms with Crippen LogP contribution in [-0.4, -0.2) is 44.1 Å². The van der Waals surface area contributed by atoms with Gasteiger partial charge in [-0.1, -0.05) is 24.3 Å². The van der Waals surface area contributed by atoms with Gasteiger partial charge in [0.1, 0.15) is 11.6 Å². The van der Waals surface area contributed by atoms with E-state index in [1.54, 1.807) is 36.5 Å². The summed E-state index contributed by atoms with van der Waals surface area (Å²) in [5.41, 5.74) is 8.89. The van der Waals surface area contributed by atoms with Gasteiger partial charge in [-0.05, 0) is 49.2 Å². The van der Waals surface area contributed by atoms with Crippen molar-refractivity contribution in [2.45, 2.75) is 25.3 Å². The normalized spacial score (nSPS) is 15.6. The van der Waals surface area contributed by atoms with Crippen molar-refractivity contribution in [1.29, 1.82) is 0 Å². The number of hydrogen-bond donors (Lipinski definition) is 4. The van der Waals surface area contributed by atoms with Crippen molar-refractivity contribution in [3.63, 3.8) is 0 Å². The number of carbonyl (C=O) groups excluding carboxylic acids is 1. The third-order valence-corrected chi connectivity index (χ3v) is 5.98. The van der Waals surface area contributed by atoms with Gasteiger partial charge in [0, 0.05) is 30.1 Å². The molecule has 0 unspecified atom stereocenters. The van der Waals surface area contributed by atoms with Gasteiger partial charge in [-0.2, -0.15) is 0 Å². The Balaban J connectivity index is 1.35. The van der Waals surface area contributed by atoms with E-state index in [-0.39, 0.29) is 30.0 Å². The number of benzene rings is 2. The van der Waals surface area contributed by atoms with Crippen LogP contribution in [0, 0.1) is 5.82 Å². The van der Waals surface area contributed by atoms with Crippen molar-refractivity contribution in [3.05, 3.63) is 77.5 Å². The van der Waals surface area contributed by atoms with Gasteiger partial charge >= 0.3 is 0 Å². The molecule has 5 rings (SSSR count). The van der Waals surface area contributed by atoms with E-state index in [1.165, 1.54) is 12.1 Å². The van der Waals surface area contributed by atoms with E-state index in [2.05, 4.69) is 35.8 Å². The fraction of sp³-hybridized carbons (Fsp3) is 0.240. The second-order valence-electron chi connectivity index (χ2n) is 8.48. The van der Waals surface area contributed by atoms with Gasteiger partial charge in [0.25, 0.3) is 5.91 Å². The molecule has 0 saturated carbocycles. The third kappa shape index (κ3) is 5.17. The van der Waals surface area contributed by atoms with Crippen LogP contribution in [0.5, 0.6) is 0 Å². The topological polar surface area (TPSA) is 134 Å². The van der Waals surface area contributed by atoms with Crippen molar-refractivity contribution in [2.24, 2.45) is 0 Å². The van der Waals surface area contributed by atoms with Gasteiger partial charge in [-0.25, -0.2) is 14.4 Å². The van der Waals surface area contributed by atoms with Crippen LogP contribution >= 0.6 is 0 Å². The predicted molar refractivity (Wildman–Crippen MR) is 130 cm³/mol. The van der Waals surface area contributed by atoms with Crippen LogP contribution < -0.4 is 16.4 Å². The summed E-state index contributed by atoms with van der Waals surface area (Å²) in [5, 5.41) is 14.7. The standard InChI is InChI=1S/C25H25FN8O/c26-19-8-1-4-15(10-19)12-30-25(35)17-6-2-5-16(11-17)20-14-29-22(27)21(31-20)24-32-23(33-34-24)18-7-3-9-28-13-18/h1-2,4-6,8,10-11,14,18,28H,3,7,9,12-13H2,(H2,27,29)(H,30,35)(H,32,33,34)/t18-/m0/s1. The highest BCUT2D eigenvalue weighted by molar-refractivity contribution is 5.95. The molecule has 9 nitrogen and oxygen atoms in total. The number of halogens is 1. The number of hydrogen-bond acceptors (Lipinski definition) is 7. The Labute approximate surface area is 201 Å². The highest BCUT2D eigenvalue weighted by Crippen LogP contribution is 2.26. The Hall–Kier alpha value is -4.18. The Kier molecular flexibility index (Phi) is 6.44. The van der Waals surface area contributed by atoms with E-state index in [1.807, 2.05) is 6.07 Å². The van der Waals surface area contributed by atoms with Crippen molar-refractivity contribution < 1.29 is 9.18 Å². The summed E-state index contributed by atoms with van der Waals surface area (Å²) >= 11 is 0. The molecular formula is C25H25FN8O. The first kappa shape index (κ1) is 22.6. The summed E-state index contributed by atoms with van der Waals surface area (Å²) < 4.78 is 13.4. The van der Waals surface area contributed by atoms with E-state index in [9.17, 15) is 9.18 Å². The molecule has 2 aromatic carbocycles. The monoisotopic (exact) mass is 472 g/mol. The molecule has 1 amide bonds. The van der Waals surface area contributed by atoms with Crippen LogP contribution in [0.15, 0.2) is 54.7 Å². The molecule has 0 aliphatic carbocycles. The minimum absolute atomic E-state index is 0.219. The van der Waals surface area contributed by atoms with E-state index >= 15 is 0 Å². The van der Waals surface area contributed by atoms with Gasteiger partial charge in [0.2, 0.25) is 0 Å². The summed E-state index contributed by atoms with van der Waals surface area (Å²) in [6.07, 6.45) is 3.69. The van der Waals surface area contributed by atoms with E-state index < -0.39 is 0 Å². The van der Waals surface area contributed by atoms with Crippen molar-refractivity contribution in [1.82, 2.24) is 35.8 Å². The first-order valence-corrected chi connectivity index (χ1v) is 11.5. The lowest BCUT2D eigenvalue weighted by atomic mass is 9.99. The molecule has 178 valence electrons. The van der Waals surface area contributed by atoms with Crippen LogP contribution in [0.25, 0.3) is 22.8 Å². The number of piperidine rings is 1. The van der Waals surface area contributed by atoms with Crippen LogP contribution in [0.3, 0.4) is 0 Å². The SMILES string of the molecule is Nc1ncc(-c2cccc(C(=O)NCc3cccc(F)c3)c2)nc1-c1nnc([C@H]2CCCNC2)[nH]1. The molecule has 1 aliphatic heterocycles. The maximum absolute atomic E-state index is 13.4. The molecule has 0 bridgehead atoms. The van der Waals surface area contributed by atoms with E-state index in [0.717, 1.165) is 31.8 Å². The van der Waals surface area contributed by atoms with Crippen LogP contribution in [0.2, 0.25) is 0 Å². The summed E-state index contributed by atoms with van der Waals surface area (Å²) in [5.74, 6) is 1.15. The number of H-pyrrole nitrogens is 1. The Morgan fingerprint density at radius 3 is 2.89 bits per heavy atom. The van der Waals surface area contributed by atoms with Crippen LogP contribution in [0.4, 0.5) is 10.2 Å². The minimum Gasteiger partial charge on any atom is -0.382 e. The van der Waals surface area contributed by atoms with Crippen molar-refractivity contribution in [3.8, 4) is 22.8 Å². The van der Waals surface area contributed by atoms with Crippen LogP contribution in [0.1, 0.15) is 40.5 Å². The molecule has 1 aliphatic rings. The van der Waals surface area contributed by atoms with E-state index in [4.69, 9.17) is 5.73 Å². The van der Waals surface area contributed by atoms with Gasteiger partial charge in [-0.3, -0.25) is 4.79 Å². The molecule has 0 spiro atoms. The molecule has 10 heteroatoms. The molecule has 4 aromatic rings. The second kappa shape index (κ2) is 9.98. The number of amides is 1. The fourth-order valence-electron chi connectivity index (χ4n) is 4.11. The maximum Gasteiger partial charge on any atom is 0.251 e. The molecule has 5 N–H and O–H groups in total. The quantitative estimate of drug-likeness (QED) is 0.339. The fourth-order valence-corrected chi connectivity index (χ4v) is 4.11. The number of anilines is 1. The Morgan fingerprint density at radius 2 is 2.06 bits per heavy atom. The van der Waals surface area contributed by atoms with Gasteiger partial charge in [0.05, 0.1) is 11.9 Å². The zero-order valence-electron chi connectivity index (χ0n) is 19.0. The highest BCUT2D eigenvalue weighted by Gasteiger charge is 2.21. The maximum atomic E-state index is 13.4. The predicted octanol–water partition coefficient (Wildman–Crippen LogP) is 3.05. The molecule has 1 fully saturated rings. The lowest BCUT2D eigenvalue weighted by Crippen LogP contribution is -2.28. The number of nitrogens with one attached hydrogen (secondary N) is 3. The zero-order chi connectivity index (χ0) is 24.2. The van der Waals surface area contributed by atoms with E-state index in [0.29, 0.717) is 33.9 Å². The third-order valence-electron chi connectivity index (χ3n) is 5.98. The smallest absolute Gasteiger partial charge is 0.251 e. The van der Waals surface area contributed by atoms with Crippen molar-refractivity contribution in [2.75, 3.05) is 18.8 Å². The number of aromatic amines is 1. The Bertz CT molecular complexity index is 1350. The number of nitrogens with two attached hydrogens (primary N) is 1. The summed E-state index contributed by atoms with van der Waals surface area (Å²) in [6, 6.07) is 13.2. The molecule has 1 atom stereocenters. The average molecular weight is 473 g/mol. The molecule has 3 heterocycles. The zero-order valence-corrected chi connectivity index (χ0v) is 19.0. The molecule has 35 heavy (non-hydrogen) atoms. The number of rotatable bonds is 6. The molecule has 1 saturated heterocycles. The summed E-state index contributed by atoms with van der Waals surface area (Å²) in [6.45, 7) is 2.08. The molecular weight excluding hydrogens is 447 g/mol. The first-order valence-electron chi connectivity index (χ1n) is 11.5. The van der Waals surface area contributed by atoms with Gasteiger partial charge < -0.3 is 21.4 Å². The largest absolute Gasteiger partial charge is 0.382 e. The Morgan fingerprint density at radius 1 is 1.17 bits per heavy atom. The number of aromatic nitrogens is 5. The lowest BCUT2D eigenvalue weighted by molar-refractivity contribution is 0.0951. The minimum atomic E-state index is -0.342. The van der Waals surface area contributed by atoms with Crippen LogP contribution in [-0.2, 0) is 6.54 Å². The number of carbonyl (C=O) groups is 1. The average Bonchev–Trinajstić information content (AvgIpc) is 3.38.